The number of benzene rings is 1. The van der Waals surface area contributed by atoms with Crippen molar-refractivity contribution in [2.45, 2.75) is 13.3 Å². The Morgan fingerprint density at radius 2 is 2.00 bits per heavy atom. The van der Waals surface area contributed by atoms with E-state index in [0.717, 1.165) is 29.6 Å². The quantitative estimate of drug-likeness (QED) is 0.921. The van der Waals surface area contributed by atoms with E-state index < -0.39 is 0 Å². The van der Waals surface area contributed by atoms with Crippen LogP contribution in [-0.4, -0.2) is 32.8 Å². The van der Waals surface area contributed by atoms with E-state index in [1.807, 2.05) is 14.0 Å². The molecule has 0 aliphatic rings. The number of hydrogen-bond acceptors (Lipinski definition) is 4. The van der Waals surface area contributed by atoms with Crippen LogP contribution in [0.4, 0.5) is 0 Å². The highest BCUT2D eigenvalue weighted by molar-refractivity contribution is 6.33. The number of methoxy groups -OCH3 is 2. The lowest BCUT2D eigenvalue weighted by Crippen LogP contribution is -2.11. The monoisotopic (exact) mass is 294 g/mol. The molecule has 1 heterocycles. The molecule has 1 aromatic heterocycles. The van der Waals surface area contributed by atoms with E-state index in [0.29, 0.717) is 16.5 Å². The molecule has 0 bridgehead atoms. The number of aryl methyl sites for hydroxylation is 1. The first-order valence-electron chi connectivity index (χ1n) is 6.47. The van der Waals surface area contributed by atoms with Crippen molar-refractivity contribution in [3.05, 3.63) is 28.4 Å². The average molecular weight is 295 g/mol. The third-order valence-electron chi connectivity index (χ3n) is 3.34. The van der Waals surface area contributed by atoms with E-state index in [9.17, 15) is 0 Å². The Morgan fingerprint density at radius 1 is 1.25 bits per heavy atom. The van der Waals surface area contributed by atoms with Crippen molar-refractivity contribution in [3.63, 3.8) is 0 Å². The van der Waals surface area contributed by atoms with Gasteiger partial charge in [0, 0.05) is 17.1 Å². The molecule has 0 aliphatic heterocycles. The maximum Gasteiger partial charge on any atom is 0.147 e. The van der Waals surface area contributed by atoms with Gasteiger partial charge in [0.15, 0.2) is 0 Å². The van der Waals surface area contributed by atoms with Crippen LogP contribution in [0.3, 0.4) is 0 Å². The lowest BCUT2D eigenvalue weighted by atomic mass is 10.1. The minimum atomic E-state index is 0.530. The number of hydrogen-bond donors (Lipinski definition) is 1. The molecule has 0 atom stereocenters. The first-order valence-corrected chi connectivity index (χ1v) is 6.85. The maximum atomic E-state index is 6.24. The molecule has 5 heteroatoms. The molecule has 0 saturated heterocycles. The molecule has 2 aromatic rings. The molecule has 0 fully saturated rings. The van der Waals surface area contributed by atoms with Crippen molar-refractivity contribution in [2.75, 3.05) is 27.8 Å². The van der Waals surface area contributed by atoms with Gasteiger partial charge in [-0.3, -0.25) is 0 Å². The first kappa shape index (κ1) is 14.9. The highest BCUT2D eigenvalue weighted by Crippen LogP contribution is 2.39. The fraction of sp³-hybridized carbons (Fsp3) is 0.400. The van der Waals surface area contributed by atoms with Crippen molar-refractivity contribution in [1.82, 2.24) is 10.3 Å². The van der Waals surface area contributed by atoms with Gasteiger partial charge in [-0.2, -0.15) is 0 Å². The molecule has 1 N–H and O–H groups in total. The highest BCUT2D eigenvalue weighted by atomic mass is 35.5. The van der Waals surface area contributed by atoms with Crippen LogP contribution >= 0.6 is 11.6 Å². The van der Waals surface area contributed by atoms with Crippen LogP contribution in [0.15, 0.2) is 12.1 Å². The molecule has 0 radical (unpaired) electrons. The second kappa shape index (κ2) is 6.29. The van der Waals surface area contributed by atoms with Crippen LogP contribution in [0.1, 0.15) is 11.3 Å². The summed E-state index contributed by atoms with van der Waals surface area (Å²) in [4.78, 5) is 4.66. The Balaban J connectivity index is 2.70. The summed E-state index contributed by atoms with van der Waals surface area (Å²) in [5.41, 5.74) is 2.95. The van der Waals surface area contributed by atoms with Gasteiger partial charge in [-0.05, 0) is 38.6 Å². The van der Waals surface area contributed by atoms with Crippen molar-refractivity contribution < 1.29 is 9.47 Å². The van der Waals surface area contributed by atoms with Gasteiger partial charge in [0.25, 0.3) is 0 Å². The third-order valence-corrected chi connectivity index (χ3v) is 3.62. The van der Waals surface area contributed by atoms with Crippen molar-refractivity contribution in [3.8, 4) is 11.5 Å². The number of likely N-dealkylation sites (N-methyl/N-ethyl adjacent to an activating group) is 1. The molecule has 4 nitrogen and oxygen atoms in total. The van der Waals surface area contributed by atoms with Gasteiger partial charge in [0.2, 0.25) is 0 Å². The summed E-state index contributed by atoms with van der Waals surface area (Å²) in [5.74, 6) is 1.30. The molecular formula is C15H19ClN2O2. The lowest BCUT2D eigenvalue weighted by molar-refractivity contribution is 0.410. The molecule has 0 amide bonds. The highest BCUT2D eigenvalue weighted by Gasteiger charge is 2.15. The van der Waals surface area contributed by atoms with Crippen LogP contribution in [0.2, 0.25) is 5.02 Å². The number of pyridine rings is 1. The zero-order valence-corrected chi connectivity index (χ0v) is 13.0. The number of rotatable bonds is 5. The lowest BCUT2D eigenvalue weighted by Gasteiger charge is -2.14. The Morgan fingerprint density at radius 3 is 2.60 bits per heavy atom. The normalized spacial score (nSPS) is 10.8. The SMILES string of the molecule is CNCCc1cc2c(OC)c(Cl)cc(OC)c2nc1C. The number of ether oxygens (including phenoxy) is 2. The van der Waals surface area contributed by atoms with E-state index in [2.05, 4.69) is 16.4 Å². The smallest absolute Gasteiger partial charge is 0.147 e. The Hall–Kier alpha value is -1.52. The Labute approximate surface area is 124 Å². The van der Waals surface area contributed by atoms with E-state index in [-0.39, 0.29) is 0 Å². The number of halogens is 1. The van der Waals surface area contributed by atoms with Crippen molar-refractivity contribution in [1.29, 1.82) is 0 Å². The van der Waals surface area contributed by atoms with Gasteiger partial charge >= 0.3 is 0 Å². The van der Waals surface area contributed by atoms with E-state index in [1.165, 1.54) is 5.56 Å². The number of aromatic nitrogens is 1. The van der Waals surface area contributed by atoms with Crippen LogP contribution in [-0.2, 0) is 6.42 Å². The van der Waals surface area contributed by atoms with E-state index in [4.69, 9.17) is 21.1 Å². The molecule has 1 aromatic carbocycles. The van der Waals surface area contributed by atoms with Gasteiger partial charge in [-0.15, -0.1) is 0 Å². The van der Waals surface area contributed by atoms with Crippen LogP contribution in [0, 0.1) is 6.92 Å². The average Bonchev–Trinajstić information content (AvgIpc) is 2.45. The van der Waals surface area contributed by atoms with Gasteiger partial charge in [0.05, 0.1) is 19.2 Å². The zero-order valence-electron chi connectivity index (χ0n) is 12.2. The summed E-state index contributed by atoms with van der Waals surface area (Å²) < 4.78 is 10.8. The summed E-state index contributed by atoms with van der Waals surface area (Å²) in [6.45, 7) is 2.90. The fourth-order valence-corrected chi connectivity index (χ4v) is 2.54. The number of fused-ring (bicyclic) bond motifs is 1. The summed E-state index contributed by atoms with van der Waals surface area (Å²) in [7, 11) is 5.16. The minimum Gasteiger partial charge on any atom is -0.494 e. The summed E-state index contributed by atoms with van der Waals surface area (Å²) in [5, 5.41) is 4.56. The second-order valence-electron chi connectivity index (χ2n) is 4.58. The molecule has 20 heavy (non-hydrogen) atoms. The summed E-state index contributed by atoms with van der Waals surface area (Å²) in [6, 6.07) is 3.82. The van der Waals surface area contributed by atoms with Crippen molar-refractivity contribution >= 4 is 22.5 Å². The van der Waals surface area contributed by atoms with Gasteiger partial charge < -0.3 is 14.8 Å². The second-order valence-corrected chi connectivity index (χ2v) is 4.98. The predicted octanol–water partition coefficient (Wildman–Crippen LogP) is 2.98. The molecule has 0 unspecified atom stereocenters. The summed E-state index contributed by atoms with van der Waals surface area (Å²) in [6.07, 6.45) is 0.906. The molecule has 0 aliphatic carbocycles. The standard InChI is InChI=1S/C15H19ClN2O2/c1-9-10(5-6-17-2)7-11-14(18-9)13(19-3)8-12(16)15(11)20-4/h7-8,17H,5-6H2,1-4H3. The third kappa shape index (κ3) is 2.67. The Kier molecular flexibility index (Phi) is 4.68. The van der Waals surface area contributed by atoms with Crippen LogP contribution < -0.4 is 14.8 Å². The minimum absolute atomic E-state index is 0.530. The molecular weight excluding hydrogens is 276 g/mol. The summed E-state index contributed by atoms with van der Waals surface area (Å²) >= 11 is 6.24. The predicted molar refractivity (Wildman–Crippen MR) is 82.2 cm³/mol. The van der Waals surface area contributed by atoms with E-state index in [1.54, 1.807) is 20.3 Å². The zero-order chi connectivity index (χ0) is 14.7. The van der Waals surface area contributed by atoms with Gasteiger partial charge in [-0.1, -0.05) is 11.6 Å². The molecule has 0 spiro atoms. The molecule has 2 rings (SSSR count). The van der Waals surface area contributed by atoms with Crippen LogP contribution in [0.25, 0.3) is 10.9 Å². The molecule has 108 valence electrons. The topological polar surface area (TPSA) is 43.4 Å². The van der Waals surface area contributed by atoms with Gasteiger partial charge in [-0.25, -0.2) is 4.98 Å². The first-order chi connectivity index (χ1) is 9.62. The largest absolute Gasteiger partial charge is 0.494 e. The maximum absolute atomic E-state index is 6.24. The number of nitrogens with zero attached hydrogens (tertiary/aromatic N) is 1. The van der Waals surface area contributed by atoms with Crippen LogP contribution in [0.5, 0.6) is 11.5 Å². The fourth-order valence-electron chi connectivity index (χ4n) is 2.26. The van der Waals surface area contributed by atoms with Gasteiger partial charge in [0.1, 0.15) is 17.0 Å². The number of nitrogens with one attached hydrogen (secondary N) is 1. The van der Waals surface area contributed by atoms with Crippen molar-refractivity contribution in [2.24, 2.45) is 0 Å². The Bertz CT molecular complexity index is 629. The van der Waals surface area contributed by atoms with E-state index >= 15 is 0 Å². The molecule has 0 saturated carbocycles.